The summed E-state index contributed by atoms with van der Waals surface area (Å²) in [6.45, 7) is 3.96. The number of fused-ring (bicyclic) bond motifs is 1. The van der Waals surface area contributed by atoms with Gasteiger partial charge in [-0.1, -0.05) is 0 Å². The smallest absolute Gasteiger partial charge is 0.218 e. The highest BCUT2D eigenvalue weighted by Crippen LogP contribution is 2.32. The van der Waals surface area contributed by atoms with E-state index in [1.807, 2.05) is 73.8 Å². The van der Waals surface area contributed by atoms with Gasteiger partial charge >= 0.3 is 0 Å². The van der Waals surface area contributed by atoms with E-state index < -0.39 is 0 Å². The summed E-state index contributed by atoms with van der Waals surface area (Å²) in [6.07, 6.45) is 7.48. The molecule has 32 heavy (non-hydrogen) atoms. The first kappa shape index (κ1) is 19.7. The molecule has 0 aliphatic heterocycles. The standard InChI is InChI=1S/C22H23N9O/c1-13-10-15(32-5)11-18(24-13)25-20-19-14(2)16(17-6-8-30(4)27-17)12-31(19)28-21(26-20)22-23-7-9-29(22)3/h6-12H,1-5H3,(H,24,25,26,28). The van der Waals surface area contributed by atoms with Crippen LogP contribution in [0, 0.1) is 13.8 Å². The number of rotatable bonds is 5. The number of imidazole rings is 1. The highest BCUT2D eigenvalue weighted by molar-refractivity contribution is 5.84. The minimum atomic E-state index is 0.495. The molecule has 0 aliphatic carbocycles. The topological polar surface area (TPSA) is 100.0 Å². The summed E-state index contributed by atoms with van der Waals surface area (Å²) in [5.74, 6) is 3.13. The van der Waals surface area contributed by atoms with Crippen LogP contribution in [0.1, 0.15) is 11.3 Å². The van der Waals surface area contributed by atoms with Crippen LogP contribution < -0.4 is 10.1 Å². The third kappa shape index (κ3) is 3.35. The number of aromatic nitrogens is 8. The Morgan fingerprint density at radius 3 is 2.56 bits per heavy atom. The van der Waals surface area contributed by atoms with E-state index in [4.69, 9.17) is 14.8 Å². The number of pyridine rings is 1. The average molecular weight is 429 g/mol. The molecule has 0 radical (unpaired) electrons. The van der Waals surface area contributed by atoms with Gasteiger partial charge in [0, 0.05) is 62.3 Å². The lowest BCUT2D eigenvalue weighted by Gasteiger charge is -2.11. The molecule has 10 nitrogen and oxygen atoms in total. The molecule has 0 unspecified atom stereocenters. The van der Waals surface area contributed by atoms with Crippen molar-refractivity contribution in [1.29, 1.82) is 0 Å². The van der Waals surface area contributed by atoms with E-state index in [0.717, 1.165) is 33.8 Å². The maximum absolute atomic E-state index is 5.41. The molecule has 0 bridgehead atoms. The van der Waals surface area contributed by atoms with Gasteiger partial charge in [-0.3, -0.25) is 4.68 Å². The van der Waals surface area contributed by atoms with E-state index in [9.17, 15) is 0 Å². The number of nitrogens with one attached hydrogen (secondary N) is 1. The number of nitrogens with zero attached hydrogens (tertiary/aromatic N) is 8. The van der Waals surface area contributed by atoms with Crippen LogP contribution in [0.15, 0.2) is 43.0 Å². The molecule has 1 N–H and O–H groups in total. The van der Waals surface area contributed by atoms with Crippen LogP contribution in [0.4, 0.5) is 11.6 Å². The van der Waals surface area contributed by atoms with Gasteiger partial charge in [-0.05, 0) is 25.5 Å². The number of anilines is 2. The van der Waals surface area contributed by atoms with Crippen LogP contribution in [0.3, 0.4) is 0 Å². The number of hydrogen-bond donors (Lipinski definition) is 1. The Balaban J connectivity index is 1.72. The van der Waals surface area contributed by atoms with Crippen LogP contribution in [0.2, 0.25) is 0 Å². The van der Waals surface area contributed by atoms with Gasteiger partial charge in [0.15, 0.2) is 11.6 Å². The average Bonchev–Trinajstić information content (AvgIpc) is 3.46. The van der Waals surface area contributed by atoms with Gasteiger partial charge in [0.05, 0.1) is 12.8 Å². The third-order valence-corrected chi connectivity index (χ3v) is 5.30. The molecule has 5 rings (SSSR count). The summed E-state index contributed by atoms with van der Waals surface area (Å²) in [5.41, 5.74) is 4.54. The Bertz CT molecular complexity index is 1440. The van der Waals surface area contributed by atoms with Gasteiger partial charge in [-0.2, -0.15) is 5.10 Å². The van der Waals surface area contributed by atoms with E-state index in [2.05, 4.69) is 20.4 Å². The second-order valence-corrected chi connectivity index (χ2v) is 7.64. The first-order valence-corrected chi connectivity index (χ1v) is 10.1. The van der Waals surface area contributed by atoms with Gasteiger partial charge in [0.2, 0.25) is 5.82 Å². The minimum Gasteiger partial charge on any atom is -0.497 e. The van der Waals surface area contributed by atoms with Crippen molar-refractivity contribution in [2.24, 2.45) is 14.1 Å². The zero-order valence-corrected chi connectivity index (χ0v) is 18.5. The van der Waals surface area contributed by atoms with Crippen molar-refractivity contribution in [3.63, 3.8) is 0 Å². The van der Waals surface area contributed by atoms with E-state index in [-0.39, 0.29) is 0 Å². The molecule has 0 fully saturated rings. The molecular weight excluding hydrogens is 406 g/mol. The van der Waals surface area contributed by atoms with E-state index >= 15 is 0 Å². The van der Waals surface area contributed by atoms with E-state index in [1.165, 1.54) is 0 Å². The van der Waals surface area contributed by atoms with Crippen molar-refractivity contribution >= 4 is 17.2 Å². The molecule has 0 aliphatic rings. The fraction of sp³-hybridized carbons (Fsp3) is 0.227. The molecule has 0 spiro atoms. The van der Waals surface area contributed by atoms with Gasteiger partial charge in [-0.15, -0.1) is 5.10 Å². The molecule has 5 aromatic rings. The predicted octanol–water partition coefficient (Wildman–Crippen LogP) is 3.29. The highest BCUT2D eigenvalue weighted by atomic mass is 16.5. The second-order valence-electron chi connectivity index (χ2n) is 7.64. The molecule has 0 saturated carbocycles. The lowest BCUT2D eigenvalue weighted by atomic mass is 10.1. The number of aryl methyl sites for hydroxylation is 4. The summed E-state index contributed by atoms with van der Waals surface area (Å²) in [4.78, 5) is 13.8. The van der Waals surface area contributed by atoms with Gasteiger partial charge in [-0.25, -0.2) is 19.5 Å². The van der Waals surface area contributed by atoms with Crippen molar-refractivity contribution < 1.29 is 4.74 Å². The second kappa shape index (κ2) is 7.49. The number of ether oxygens (including phenoxy) is 1. The molecule has 0 atom stereocenters. The monoisotopic (exact) mass is 429 g/mol. The summed E-state index contributed by atoms with van der Waals surface area (Å²) in [5, 5.41) is 12.7. The molecule has 5 heterocycles. The van der Waals surface area contributed by atoms with Crippen LogP contribution in [-0.2, 0) is 14.1 Å². The van der Waals surface area contributed by atoms with E-state index in [1.54, 1.807) is 18.0 Å². The van der Waals surface area contributed by atoms with Crippen molar-refractivity contribution in [2.75, 3.05) is 12.4 Å². The molecule has 5 aromatic heterocycles. The van der Waals surface area contributed by atoms with Gasteiger partial charge < -0.3 is 14.6 Å². The summed E-state index contributed by atoms with van der Waals surface area (Å²) in [7, 11) is 5.45. The van der Waals surface area contributed by atoms with E-state index in [0.29, 0.717) is 23.3 Å². The van der Waals surface area contributed by atoms with Crippen LogP contribution in [-0.4, -0.2) is 46.0 Å². The normalized spacial score (nSPS) is 11.3. The maximum atomic E-state index is 5.41. The molecule has 10 heteroatoms. The SMILES string of the molecule is COc1cc(C)nc(Nc2nc(-c3nccn3C)nn3cc(-c4ccn(C)n4)c(C)c23)c1. The molecule has 0 aromatic carbocycles. The Morgan fingerprint density at radius 2 is 1.88 bits per heavy atom. The first-order valence-electron chi connectivity index (χ1n) is 10.1. The van der Waals surface area contributed by atoms with Crippen molar-refractivity contribution in [3.8, 4) is 28.7 Å². The largest absolute Gasteiger partial charge is 0.497 e. The van der Waals surface area contributed by atoms with Crippen LogP contribution in [0.5, 0.6) is 5.75 Å². The van der Waals surface area contributed by atoms with Crippen LogP contribution >= 0.6 is 0 Å². The van der Waals surface area contributed by atoms with Gasteiger partial charge in [0.25, 0.3) is 0 Å². The fourth-order valence-corrected chi connectivity index (χ4v) is 3.75. The first-order chi connectivity index (χ1) is 15.4. The van der Waals surface area contributed by atoms with Crippen molar-refractivity contribution in [2.45, 2.75) is 13.8 Å². The summed E-state index contributed by atoms with van der Waals surface area (Å²) < 4.78 is 10.9. The van der Waals surface area contributed by atoms with Gasteiger partial charge in [0.1, 0.15) is 17.1 Å². The Morgan fingerprint density at radius 1 is 1.03 bits per heavy atom. The number of methoxy groups -OCH3 is 1. The van der Waals surface area contributed by atoms with Crippen molar-refractivity contribution in [3.05, 3.63) is 54.2 Å². The summed E-state index contributed by atoms with van der Waals surface area (Å²) in [6, 6.07) is 5.70. The quantitative estimate of drug-likeness (QED) is 0.457. The maximum Gasteiger partial charge on any atom is 0.218 e. The lowest BCUT2D eigenvalue weighted by Crippen LogP contribution is -2.07. The van der Waals surface area contributed by atoms with Crippen molar-refractivity contribution in [1.82, 2.24) is 38.9 Å². The minimum absolute atomic E-state index is 0.495. The summed E-state index contributed by atoms with van der Waals surface area (Å²) >= 11 is 0. The fourth-order valence-electron chi connectivity index (χ4n) is 3.75. The lowest BCUT2D eigenvalue weighted by molar-refractivity contribution is 0.414. The Kier molecular flexibility index (Phi) is 4.62. The zero-order chi connectivity index (χ0) is 22.4. The number of hydrogen-bond acceptors (Lipinski definition) is 7. The molecule has 0 amide bonds. The predicted molar refractivity (Wildman–Crippen MR) is 121 cm³/mol. The highest BCUT2D eigenvalue weighted by Gasteiger charge is 2.20. The zero-order valence-electron chi connectivity index (χ0n) is 18.5. The molecule has 0 saturated heterocycles. The Labute approximate surface area is 184 Å². The molecular formula is C22H23N9O. The van der Waals surface area contributed by atoms with Crippen LogP contribution in [0.25, 0.3) is 28.4 Å². The third-order valence-electron chi connectivity index (χ3n) is 5.30. The Hall–Kier alpha value is -4.21. The molecule has 162 valence electrons.